The molecule has 6 heteroatoms. The van der Waals surface area contributed by atoms with Gasteiger partial charge in [-0.2, -0.15) is 0 Å². The molecule has 116 valence electrons. The van der Waals surface area contributed by atoms with Gasteiger partial charge in [-0.05, 0) is 32.7 Å². The maximum absolute atomic E-state index is 12.5. The molecule has 2 fully saturated rings. The molecule has 1 saturated carbocycles. The number of nitrogens with zero attached hydrogens (tertiary/aromatic N) is 3. The Kier molecular flexibility index (Phi) is 4.26. The van der Waals surface area contributed by atoms with Gasteiger partial charge in [-0.1, -0.05) is 0 Å². The van der Waals surface area contributed by atoms with Gasteiger partial charge in [-0.15, -0.1) is 0 Å². The summed E-state index contributed by atoms with van der Waals surface area (Å²) in [6, 6.07) is 0.133. The lowest BCUT2D eigenvalue weighted by molar-refractivity contribution is -0.145. The number of hydrogen-bond acceptors (Lipinski definition) is 4. The van der Waals surface area contributed by atoms with Gasteiger partial charge in [0.05, 0.1) is 12.6 Å². The lowest BCUT2D eigenvalue weighted by Gasteiger charge is -2.39. The minimum atomic E-state index is -0.341. The van der Waals surface area contributed by atoms with Crippen LogP contribution >= 0.6 is 0 Å². The summed E-state index contributed by atoms with van der Waals surface area (Å²) in [5.74, 6) is 1.70. The van der Waals surface area contributed by atoms with Crippen LogP contribution < -0.4 is 0 Å². The number of aromatic nitrogens is 2. The van der Waals surface area contributed by atoms with Gasteiger partial charge in [0.1, 0.15) is 11.9 Å². The van der Waals surface area contributed by atoms with Crippen molar-refractivity contribution in [1.29, 1.82) is 0 Å². The molecule has 21 heavy (non-hydrogen) atoms. The minimum absolute atomic E-state index is 0.0975. The molecular formula is C15H24N4O2. The molecule has 1 N–H and O–H groups in total. The highest BCUT2D eigenvalue weighted by Crippen LogP contribution is 2.29. The van der Waals surface area contributed by atoms with Gasteiger partial charge in [0.15, 0.2) is 0 Å². The normalized spacial score (nSPS) is 25.0. The Balaban J connectivity index is 1.58. The van der Waals surface area contributed by atoms with Gasteiger partial charge in [-0.3, -0.25) is 9.69 Å². The number of amides is 1. The standard InChI is InChI=1S/C15H24N4O2/c1-11(21-10-12-3-4-12)15(20)19-8-7-18(2)13(9-19)14-16-5-6-17-14/h5-6,11-13H,3-4,7-10H2,1-2H3,(H,16,17). The second kappa shape index (κ2) is 6.15. The van der Waals surface area contributed by atoms with Crippen molar-refractivity contribution in [3.05, 3.63) is 18.2 Å². The van der Waals surface area contributed by atoms with E-state index in [-0.39, 0.29) is 18.1 Å². The highest BCUT2D eigenvalue weighted by Gasteiger charge is 2.32. The van der Waals surface area contributed by atoms with Crippen LogP contribution in [0, 0.1) is 5.92 Å². The molecule has 6 nitrogen and oxygen atoms in total. The molecule has 2 aliphatic rings. The Morgan fingerprint density at radius 1 is 1.52 bits per heavy atom. The third kappa shape index (κ3) is 3.44. The first-order valence-corrected chi connectivity index (χ1v) is 7.75. The van der Waals surface area contributed by atoms with Gasteiger partial charge >= 0.3 is 0 Å². The summed E-state index contributed by atoms with van der Waals surface area (Å²) in [4.78, 5) is 24.1. The van der Waals surface area contributed by atoms with Crippen LogP contribution in [0.3, 0.4) is 0 Å². The number of hydrogen-bond donors (Lipinski definition) is 1. The van der Waals surface area contributed by atoms with E-state index in [4.69, 9.17) is 4.74 Å². The van der Waals surface area contributed by atoms with Crippen molar-refractivity contribution in [3.63, 3.8) is 0 Å². The fraction of sp³-hybridized carbons (Fsp3) is 0.733. The molecule has 3 rings (SSSR count). The summed E-state index contributed by atoms with van der Waals surface area (Å²) in [6.07, 6.45) is 5.73. The summed E-state index contributed by atoms with van der Waals surface area (Å²) >= 11 is 0. The number of aromatic amines is 1. The summed E-state index contributed by atoms with van der Waals surface area (Å²) in [5, 5.41) is 0. The summed E-state index contributed by atoms with van der Waals surface area (Å²) < 4.78 is 5.71. The number of imidazole rings is 1. The van der Waals surface area contributed by atoms with E-state index in [1.807, 2.05) is 18.0 Å². The molecule has 2 heterocycles. The molecule has 1 aliphatic heterocycles. The fourth-order valence-electron chi connectivity index (χ4n) is 2.72. The largest absolute Gasteiger partial charge is 0.368 e. The van der Waals surface area contributed by atoms with Gasteiger partial charge < -0.3 is 14.6 Å². The van der Waals surface area contributed by atoms with E-state index < -0.39 is 0 Å². The molecule has 1 saturated heterocycles. The number of nitrogens with one attached hydrogen (secondary N) is 1. The number of rotatable bonds is 5. The van der Waals surface area contributed by atoms with Crippen LogP contribution in [0.15, 0.2) is 12.4 Å². The van der Waals surface area contributed by atoms with Crippen molar-refractivity contribution in [1.82, 2.24) is 19.8 Å². The third-order valence-electron chi connectivity index (χ3n) is 4.42. The average molecular weight is 292 g/mol. The van der Waals surface area contributed by atoms with Gasteiger partial charge in [0.25, 0.3) is 5.91 Å². The van der Waals surface area contributed by atoms with E-state index >= 15 is 0 Å². The number of carbonyl (C=O) groups excluding carboxylic acids is 1. The van der Waals surface area contributed by atoms with Crippen molar-refractivity contribution >= 4 is 5.91 Å². The number of ether oxygens (including phenoxy) is 1. The van der Waals surface area contributed by atoms with E-state index in [1.165, 1.54) is 12.8 Å². The molecule has 1 aromatic heterocycles. The van der Waals surface area contributed by atoms with E-state index in [0.717, 1.165) is 25.5 Å². The number of carbonyl (C=O) groups is 1. The molecule has 0 radical (unpaired) electrons. The predicted molar refractivity (Wildman–Crippen MR) is 78.7 cm³/mol. The Morgan fingerprint density at radius 3 is 3.00 bits per heavy atom. The zero-order valence-electron chi connectivity index (χ0n) is 12.8. The molecule has 1 amide bonds. The first-order valence-electron chi connectivity index (χ1n) is 7.75. The fourth-order valence-corrected chi connectivity index (χ4v) is 2.72. The van der Waals surface area contributed by atoms with Crippen molar-refractivity contribution in [2.24, 2.45) is 5.92 Å². The molecule has 1 aromatic rings. The SMILES string of the molecule is CC(OCC1CC1)C(=O)N1CCN(C)C(c2ncc[nH]2)C1. The van der Waals surface area contributed by atoms with Crippen LogP contribution in [-0.4, -0.2) is 65.1 Å². The van der Waals surface area contributed by atoms with Crippen LogP contribution in [0.1, 0.15) is 31.6 Å². The van der Waals surface area contributed by atoms with Crippen LogP contribution in [0.5, 0.6) is 0 Å². The monoisotopic (exact) mass is 292 g/mol. The minimum Gasteiger partial charge on any atom is -0.368 e. The summed E-state index contributed by atoms with van der Waals surface area (Å²) in [5.41, 5.74) is 0. The lowest BCUT2D eigenvalue weighted by Crippen LogP contribution is -2.51. The zero-order chi connectivity index (χ0) is 14.8. The van der Waals surface area contributed by atoms with Gasteiger partial charge in [0.2, 0.25) is 0 Å². The van der Waals surface area contributed by atoms with Crippen LogP contribution in [0.4, 0.5) is 0 Å². The maximum atomic E-state index is 12.5. The van der Waals surface area contributed by atoms with Crippen LogP contribution in [0.25, 0.3) is 0 Å². The first-order chi connectivity index (χ1) is 10.1. The Morgan fingerprint density at radius 2 is 2.33 bits per heavy atom. The van der Waals surface area contributed by atoms with Crippen LogP contribution in [0.2, 0.25) is 0 Å². The first kappa shape index (κ1) is 14.5. The predicted octanol–water partition coefficient (Wildman–Crippen LogP) is 1.04. The molecule has 0 bridgehead atoms. The van der Waals surface area contributed by atoms with Crippen molar-refractivity contribution in [3.8, 4) is 0 Å². The van der Waals surface area contributed by atoms with Crippen LogP contribution in [-0.2, 0) is 9.53 Å². The molecule has 2 unspecified atom stereocenters. The molecule has 0 aromatic carbocycles. The highest BCUT2D eigenvalue weighted by atomic mass is 16.5. The second-order valence-corrected chi connectivity index (χ2v) is 6.17. The molecule has 1 aliphatic carbocycles. The van der Waals surface area contributed by atoms with E-state index in [0.29, 0.717) is 12.5 Å². The molecule has 2 atom stereocenters. The highest BCUT2D eigenvalue weighted by molar-refractivity contribution is 5.80. The van der Waals surface area contributed by atoms with Gasteiger partial charge in [0, 0.05) is 32.0 Å². The Labute approximate surface area is 125 Å². The maximum Gasteiger partial charge on any atom is 0.251 e. The zero-order valence-corrected chi connectivity index (χ0v) is 12.8. The van der Waals surface area contributed by atoms with E-state index in [9.17, 15) is 4.79 Å². The summed E-state index contributed by atoms with van der Waals surface area (Å²) in [7, 11) is 2.07. The van der Waals surface area contributed by atoms with Crippen molar-refractivity contribution < 1.29 is 9.53 Å². The average Bonchev–Trinajstić information content (AvgIpc) is 3.17. The number of likely N-dealkylation sites (N-methyl/N-ethyl adjacent to an activating group) is 1. The summed E-state index contributed by atoms with van der Waals surface area (Å²) in [6.45, 7) is 4.86. The number of piperazine rings is 1. The lowest BCUT2D eigenvalue weighted by atomic mass is 10.1. The van der Waals surface area contributed by atoms with Gasteiger partial charge in [-0.25, -0.2) is 4.98 Å². The van der Waals surface area contributed by atoms with Crippen molar-refractivity contribution in [2.75, 3.05) is 33.3 Å². The second-order valence-electron chi connectivity index (χ2n) is 6.17. The molecular weight excluding hydrogens is 268 g/mol. The third-order valence-corrected chi connectivity index (χ3v) is 4.42. The topological polar surface area (TPSA) is 61.5 Å². The smallest absolute Gasteiger partial charge is 0.251 e. The Hall–Kier alpha value is -1.40. The number of H-pyrrole nitrogens is 1. The quantitative estimate of drug-likeness (QED) is 0.881. The molecule has 0 spiro atoms. The van der Waals surface area contributed by atoms with E-state index in [1.54, 1.807) is 6.20 Å². The van der Waals surface area contributed by atoms with Crippen molar-refractivity contribution in [2.45, 2.75) is 31.9 Å². The Bertz CT molecular complexity index is 472. The van der Waals surface area contributed by atoms with E-state index in [2.05, 4.69) is 21.9 Å².